The third-order valence-electron chi connectivity index (χ3n) is 3.65. The summed E-state index contributed by atoms with van der Waals surface area (Å²) >= 11 is 6.16. The molecule has 0 aliphatic rings. The highest BCUT2D eigenvalue weighted by Gasteiger charge is 2.18. The first-order chi connectivity index (χ1) is 13.5. The summed E-state index contributed by atoms with van der Waals surface area (Å²) in [6, 6.07) is 8.47. The predicted molar refractivity (Wildman–Crippen MR) is 98.0 cm³/mol. The Kier molecular flexibility index (Phi) is 6.10. The molecule has 0 spiro atoms. The van der Waals surface area contributed by atoms with Gasteiger partial charge in [0.05, 0.1) is 24.3 Å². The van der Waals surface area contributed by atoms with Gasteiger partial charge in [-0.2, -0.15) is 4.98 Å². The third-order valence-corrected chi connectivity index (χ3v) is 3.93. The zero-order chi connectivity index (χ0) is 20.1. The van der Waals surface area contributed by atoms with E-state index in [9.17, 15) is 9.18 Å². The molecule has 1 heterocycles. The average Bonchev–Trinajstić information content (AvgIpc) is 3.17. The predicted octanol–water partition coefficient (Wildman–Crippen LogP) is 4.29. The molecule has 7 nitrogen and oxygen atoms in total. The van der Waals surface area contributed by atoms with Gasteiger partial charge in [0.25, 0.3) is 5.89 Å². The van der Waals surface area contributed by atoms with Gasteiger partial charge in [-0.25, -0.2) is 9.18 Å². The van der Waals surface area contributed by atoms with E-state index < -0.39 is 5.97 Å². The van der Waals surface area contributed by atoms with Crippen molar-refractivity contribution in [3.8, 4) is 23.0 Å². The van der Waals surface area contributed by atoms with Crippen molar-refractivity contribution in [3.05, 3.63) is 58.6 Å². The van der Waals surface area contributed by atoms with Gasteiger partial charge in [-0.3, -0.25) is 0 Å². The van der Waals surface area contributed by atoms with Crippen LogP contribution in [0.3, 0.4) is 0 Å². The maximum absolute atomic E-state index is 13.0. The lowest BCUT2D eigenvalue weighted by molar-refractivity contribution is 0.0459. The van der Waals surface area contributed by atoms with Crippen molar-refractivity contribution in [2.24, 2.45) is 0 Å². The fraction of sp³-hybridized carbons (Fsp3) is 0.211. The molecule has 0 unspecified atom stereocenters. The van der Waals surface area contributed by atoms with Crippen molar-refractivity contribution in [3.63, 3.8) is 0 Å². The highest BCUT2D eigenvalue weighted by Crippen LogP contribution is 2.36. The van der Waals surface area contributed by atoms with Crippen LogP contribution in [0.25, 0.3) is 11.5 Å². The monoisotopic (exact) mass is 406 g/mol. The first kappa shape index (κ1) is 19.6. The van der Waals surface area contributed by atoms with Crippen LogP contribution in [0.4, 0.5) is 4.39 Å². The number of ether oxygens (including phenoxy) is 3. The summed E-state index contributed by atoms with van der Waals surface area (Å²) < 4.78 is 33.9. The molecule has 0 amide bonds. The van der Waals surface area contributed by atoms with Crippen LogP contribution in [0, 0.1) is 5.82 Å². The molecule has 0 fully saturated rings. The van der Waals surface area contributed by atoms with Crippen LogP contribution < -0.4 is 9.47 Å². The normalized spacial score (nSPS) is 10.6. The summed E-state index contributed by atoms with van der Waals surface area (Å²) in [5, 5.41) is 3.97. The van der Waals surface area contributed by atoms with E-state index in [4.69, 9.17) is 30.3 Å². The van der Waals surface area contributed by atoms with Crippen molar-refractivity contribution in [1.29, 1.82) is 0 Å². The number of halogens is 2. The lowest BCUT2D eigenvalue weighted by Crippen LogP contribution is -2.07. The first-order valence-electron chi connectivity index (χ1n) is 8.27. The number of benzene rings is 2. The molecule has 0 atom stereocenters. The Bertz CT molecular complexity index is 975. The molecule has 1 aromatic heterocycles. The summed E-state index contributed by atoms with van der Waals surface area (Å²) in [4.78, 5) is 16.4. The largest absolute Gasteiger partial charge is 0.493 e. The van der Waals surface area contributed by atoms with Crippen LogP contribution in [-0.4, -0.2) is 29.8 Å². The molecule has 0 aliphatic heterocycles. The molecule has 0 aliphatic carbocycles. The lowest BCUT2D eigenvalue weighted by atomic mass is 10.2. The van der Waals surface area contributed by atoms with Crippen LogP contribution in [0.1, 0.15) is 23.1 Å². The minimum Gasteiger partial charge on any atom is -0.493 e. The molecule has 0 saturated carbocycles. The van der Waals surface area contributed by atoms with Gasteiger partial charge in [-0.15, -0.1) is 0 Å². The van der Waals surface area contributed by atoms with E-state index in [0.29, 0.717) is 23.7 Å². The quantitative estimate of drug-likeness (QED) is 0.541. The SMILES string of the molecule is CCOc1c(Cl)cc(C(=O)OCc2noc(-c3ccc(F)cc3)n2)cc1OC. The number of methoxy groups -OCH3 is 1. The van der Waals surface area contributed by atoms with Gasteiger partial charge < -0.3 is 18.7 Å². The number of rotatable bonds is 7. The average molecular weight is 407 g/mol. The number of esters is 1. The van der Waals surface area contributed by atoms with Crippen LogP contribution >= 0.6 is 11.6 Å². The standard InChI is InChI=1S/C19H16ClFN2O5/c1-3-26-17-14(20)8-12(9-15(17)25-2)19(24)27-10-16-22-18(28-23-16)11-4-6-13(21)7-5-11/h4-9H,3,10H2,1-2H3. The van der Waals surface area contributed by atoms with Crippen LogP contribution in [0.5, 0.6) is 11.5 Å². The van der Waals surface area contributed by atoms with E-state index in [0.717, 1.165) is 0 Å². The molecular formula is C19H16ClFN2O5. The second-order valence-corrected chi connectivity index (χ2v) is 5.93. The first-order valence-corrected chi connectivity index (χ1v) is 8.65. The van der Waals surface area contributed by atoms with E-state index in [1.165, 1.54) is 43.5 Å². The van der Waals surface area contributed by atoms with Gasteiger partial charge in [0.1, 0.15) is 5.82 Å². The van der Waals surface area contributed by atoms with Crippen LogP contribution in [0.2, 0.25) is 5.02 Å². The summed E-state index contributed by atoms with van der Waals surface area (Å²) in [5.41, 5.74) is 0.738. The van der Waals surface area contributed by atoms with E-state index in [2.05, 4.69) is 10.1 Å². The summed E-state index contributed by atoms with van der Waals surface area (Å²) in [6.45, 7) is 1.99. The van der Waals surface area contributed by atoms with Gasteiger partial charge in [-0.05, 0) is 43.3 Å². The van der Waals surface area contributed by atoms with Gasteiger partial charge in [-0.1, -0.05) is 16.8 Å². The number of nitrogens with zero attached hydrogens (tertiary/aromatic N) is 2. The molecule has 9 heteroatoms. The summed E-state index contributed by atoms with van der Waals surface area (Å²) in [6.07, 6.45) is 0. The molecule has 146 valence electrons. The highest BCUT2D eigenvalue weighted by atomic mass is 35.5. The molecule has 0 radical (unpaired) electrons. The van der Waals surface area contributed by atoms with Gasteiger partial charge in [0.2, 0.25) is 5.82 Å². The second-order valence-electron chi connectivity index (χ2n) is 5.52. The number of carbonyl (C=O) groups is 1. The van der Waals surface area contributed by atoms with E-state index >= 15 is 0 Å². The molecule has 0 bridgehead atoms. The zero-order valence-corrected chi connectivity index (χ0v) is 15.8. The third kappa shape index (κ3) is 4.40. The van der Waals surface area contributed by atoms with E-state index in [-0.39, 0.29) is 34.7 Å². The number of aromatic nitrogens is 2. The second kappa shape index (κ2) is 8.71. The molecule has 0 saturated heterocycles. The Morgan fingerprint density at radius 2 is 2.00 bits per heavy atom. The lowest BCUT2D eigenvalue weighted by Gasteiger charge is -2.12. The van der Waals surface area contributed by atoms with Gasteiger partial charge >= 0.3 is 5.97 Å². The molecular weight excluding hydrogens is 391 g/mol. The van der Waals surface area contributed by atoms with Crippen molar-refractivity contribution in [1.82, 2.24) is 10.1 Å². The van der Waals surface area contributed by atoms with Crippen molar-refractivity contribution in [2.45, 2.75) is 13.5 Å². The number of hydrogen-bond donors (Lipinski definition) is 0. The summed E-state index contributed by atoms with van der Waals surface area (Å²) in [5.74, 6) is 0.0107. The Morgan fingerprint density at radius 3 is 2.68 bits per heavy atom. The Labute approximate surface area is 165 Å². The molecule has 2 aromatic carbocycles. The number of carbonyl (C=O) groups excluding carboxylic acids is 1. The maximum Gasteiger partial charge on any atom is 0.338 e. The highest BCUT2D eigenvalue weighted by molar-refractivity contribution is 6.32. The summed E-state index contributed by atoms with van der Waals surface area (Å²) in [7, 11) is 1.44. The maximum atomic E-state index is 13.0. The molecule has 0 N–H and O–H groups in total. The van der Waals surface area contributed by atoms with Crippen molar-refractivity contribution < 1.29 is 27.9 Å². The smallest absolute Gasteiger partial charge is 0.338 e. The van der Waals surface area contributed by atoms with Gasteiger partial charge in [0.15, 0.2) is 18.1 Å². The minimum absolute atomic E-state index is 0.164. The Morgan fingerprint density at radius 1 is 1.25 bits per heavy atom. The Balaban J connectivity index is 1.69. The van der Waals surface area contributed by atoms with Crippen LogP contribution in [0.15, 0.2) is 40.9 Å². The fourth-order valence-electron chi connectivity index (χ4n) is 2.36. The zero-order valence-electron chi connectivity index (χ0n) is 15.1. The van der Waals surface area contributed by atoms with Crippen molar-refractivity contribution in [2.75, 3.05) is 13.7 Å². The van der Waals surface area contributed by atoms with Crippen molar-refractivity contribution >= 4 is 17.6 Å². The topological polar surface area (TPSA) is 83.7 Å². The van der Waals surface area contributed by atoms with E-state index in [1.807, 2.05) is 6.92 Å². The van der Waals surface area contributed by atoms with Crippen LogP contribution in [-0.2, 0) is 11.3 Å². The van der Waals surface area contributed by atoms with E-state index in [1.54, 1.807) is 0 Å². The Hall–Kier alpha value is -3.13. The fourth-order valence-corrected chi connectivity index (χ4v) is 2.62. The molecule has 3 aromatic rings. The van der Waals surface area contributed by atoms with Gasteiger partial charge in [0, 0.05) is 5.56 Å². The molecule has 28 heavy (non-hydrogen) atoms. The number of hydrogen-bond acceptors (Lipinski definition) is 7. The minimum atomic E-state index is -0.642. The molecule has 3 rings (SSSR count).